The van der Waals surface area contributed by atoms with E-state index in [9.17, 15) is 4.39 Å². The minimum absolute atomic E-state index is 0.170. The molecule has 0 saturated heterocycles. The van der Waals surface area contributed by atoms with Crippen LogP contribution in [-0.2, 0) is 13.2 Å². The average Bonchev–Trinajstić information content (AvgIpc) is 2.71. The van der Waals surface area contributed by atoms with E-state index in [1.807, 2.05) is 6.92 Å². The summed E-state index contributed by atoms with van der Waals surface area (Å²) in [6.07, 6.45) is 0. The maximum Gasteiger partial charge on any atom is 0.164 e. The molecule has 0 radical (unpaired) electrons. The smallest absolute Gasteiger partial charge is 0.164 e. The van der Waals surface area contributed by atoms with Crippen LogP contribution in [0.5, 0.6) is 0 Å². The molecular weight excluding hydrogens is 209 g/mol. The second kappa shape index (κ2) is 4.40. The topological polar surface area (TPSA) is 50.9 Å². The van der Waals surface area contributed by atoms with Gasteiger partial charge in [-0.25, -0.2) is 4.39 Å². The van der Waals surface area contributed by atoms with Crippen molar-refractivity contribution in [2.24, 2.45) is 0 Å². The summed E-state index contributed by atoms with van der Waals surface area (Å²) in [6.45, 7) is 2.39. The summed E-state index contributed by atoms with van der Waals surface area (Å²) >= 11 is 0. The van der Waals surface area contributed by atoms with Crippen LogP contribution in [-0.4, -0.2) is 19.9 Å². The van der Waals surface area contributed by atoms with Gasteiger partial charge in [-0.2, -0.15) is 0 Å². The zero-order valence-electron chi connectivity index (χ0n) is 8.89. The fourth-order valence-corrected chi connectivity index (χ4v) is 1.63. The predicted molar refractivity (Wildman–Crippen MR) is 57.0 cm³/mol. The Labute approximate surface area is 92.4 Å². The van der Waals surface area contributed by atoms with E-state index >= 15 is 0 Å². The van der Waals surface area contributed by atoms with Gasteiger partial charge >= 0.3 is 0 Å². The summed E-state index contributed by atoms with van der Waals surface area (Å²) in [5.74, 6) is 0.751. The molecule has 1 aromatic heterocycles. The Morgan fingerprint density at radius 2 is 2.19 bits per heavy atom. The Morgan fingerprint density at radius 3 is 2.81 bits per heavy atom. The lowest BCUT2D eigenvalue weighted by Crippen LogP contribution is -2.03. The van der Waals surface area contributed by atoms with Crippen LogP contribution in [0.4, 0.5) is 4.39 Å². The van der Waals surface area contributed by atoms with E-state index in [1.54, 1.807) is 16.7 Å². The molecule has 0 bridgehead atoms. The van der Waals surface area contributed by atoms with Crippen LogP contribution < -0.4 is 0 Å². The third-order valence-electron chi connectivity index (χ3n) is 2.37. The Hall–Kier alpha value is -1.75. The molecule has 0 spiro atoms. The Balaban J connectivity index is 2.51. The van der Waals surface area contributed by atoms with Crippen molar-refractivity contribution < 1.29 is 9.50 Å². The van der Waals surface area contributed by atoms with E-state index in [2.05, 4.69) is 10.2 Å². The number of halogens is 1. The lowest BCUT2D eigenvalue weighted by molar-refractivity contribution is 0.265. The summed E-state index contributed by atoms with van der Waals surface area (Å²) in [6, 6.07) is 6.17. The van der Waals surface area contributed by atoms with E-state index in [1.165, 1.54) is 12.1 Å². The lowest BCUT2D eigenvalue weighted by atomic mass is 10.2. The average molecular weight is 221 g/mol. The van der Waals surface area contributed by atoms with Crippen LogP contribution in [0.3, 0.4) is 0 Å². The number of aliphatic hydroxyl groups excluding tert-OH is 1. The summed E-state index contributed by atoms with van der Waals surface area (Å²) in [7, 11) is 0. The van der Waals surface area contributed by atoms with Crippen molar-refractivity contribution in [2.75, 3.05) is 0 Å². The standard InChI is InChI=1S/C11H12FN3O/c1-2-15-10(7-16)13-14-11(15)8-4-3-5-9(12)6-8/h3-6,16H,2,7H2,1H3. The largest absolute Gasteiger partial charge is 0.388 e. The monoisotopic (exact) mass is 221 g/mol. The number of hydrogen-bond acceptors (Lipinski definition) is 3. The van der Waals surface area contributed by atoms with E-state index in [4.69, 9.17) is 5.11 Å². The summed E-state index contributed by atoms with van der Waals surface area (Å²) in [4.78, 5) is 0. The van der Waals surface area contributed by atoms with Gasteiger partial charge in [0.1, 0.15) is 12.4 Å². The van der Waals surface area contributed by atoms with Crippen molar-refractivity contribution in [3.8, 4) is 11.4 Å². The number of hydrogen-bond donors (Lipinski definition) is 1. The molecule has 0 aliphatic heterocycles. The lowest BCUT2D eigenvalue weighted by Gasteiger charge is -2.05. The summed E-state index contributed by atoms with van der Waals surface area (Å²) < 4.78 is 14.8. The van der Waals surface area contributed by atoms with Gasteiger partial charge in [-0.05, 0) is 19.1 Å². The fourth-order valence-electron chi connectivity index (χ4n) is 1.63. The van der Waals surface area contributed by atoms with Gasteiger partial charge in [0.2, 0.25) is 0 Å². The molecule has 0 fully saturated rings. The van der Waals surface area contributed by atoms with Crippen LogP contribution in [0.25, 0.3) is 11.4 Å². The molecule has 0 atom stereocenters. The number of nitrogens with zero attached hydrogens (tertiary/aromatic N) is 3. The molecule has 0 aliphatic carbocycles. The van der Waals surface area contributed by atoms with E-state index in [0.29, 0.717) is 23.8 Å². The van der Waals surface area contributed by atoms with E-state index < -0.39 is 0 Å². The minimum Gasteiger partial charge on any atom is -0.388 e. The maximum atomic E-state index is 13.1. The molecule has 1 aromatic carbocycles. The van der Waals surface area contributed by atoms with Gasteiger partial charge in [-0.15, -0.1) is 10.2 Å². The molecule has 2 aromatic rings. The fraction of sp³-hybridized carbons (Fsp3) is 0.273. The van der Waals surface area contributed by atoms with Crippen LogP contribution >= 0.6 is 0 Å². The minimum atomic E-state index is -0.311. The molecule has 84 valence electrons. The highest BCUT2D eigenvalue weighted by molar-refractivity contribution is 5.55. The molecule has 16 heavy (non-hydrogen) atoms. The first-order valence-electron chi connectivity index (χ1n) is 5.05. The zero-order chi connectivity index (χ0) is 11.5. The van der Waals surface area contributed by atoms with Crippen molar-refractivity contribution in [2.45, 2.75) is 20.1 Å². The first-order chi connectivity index (χ1) is 7.76. The Morgan fingerprint density at radius 1 is 1.38 bits per heavy atom. The number of aliphatic hydroxyl groups is 1. The highest BCUT2D eigenvalue weighted by Crippen LogP contribution is 2.19. The van der Waals surface area contributed by atoms with Gasteiger partial charge < -0.3 is 9.67 Å². The van der Waals surface area contributed by atoms with Gasteiger partial charge in [0.25, 0.3) is 0 Å². The Kier molecular flexibility index (Phi) is 2.96. The zero-order valence-corrected chi connectivity index (χ0v) is 8.89. The summed E-state index contributed by atoms with van der Waals surface area (Å²) in [5.41, 5.74) is 0.661. The van der Waals surface area contributed by atoms with Crippen LogP contribution in [0.1, 0.15) is 12.7 Å². The molecule has 0 unspecified atom stereocenters. The van der Waals surface area contributed by atoms with Crippen molar-refractivity contribution in [3.05, 3.63) is 35.9 Å². The maximum absolute atomic E-state index is 13.1. The van der Waals surface area contributed by atoms with Gasteiger partial charge in [-0.3, -0.25) is 0 Å². The predicted octanol–water partition coefficient (Wildman–Crippen LogP) is 1.60. The molecular formula is C11H12FN3O. The second-order valence-electron chi connectivity index (χ2n) is 3.35. The molecule has 5 heteroatoms. The van der Waals surface area contributed by atoms with Crippen LogP contribution in [0, 0.1) is 5.82 Å². The molecule has 0 aliphatic rings. The van der Waals surface area contributed by atoms with Crippen molar-refractivity contribution in [1.29, 1.82) is 0 Å². The number of benzene rings is 1. The first kappa shape index (κ1) is 10.8. The highest BCUT2D eigenvalue weighted by Gasteiger charge is 2.11. The second-order valence-corrected chi connectivity index (χ2v) is 3.35. The van der Waals surface area contributed by atoms with Crippen LogP contribution in [0.15, 0.2) is 24.3 Å². The van der Waals surface area contributed by atoms with Crippen molar-refractivity contribution in [3.63, 3.8) is 0 Å². The molecule has 4 nitrogen and oxygen atoms in total. The van der Waals surface area contributed by atoms with E-state index in [0.717, 1.165) is 0 Å². The SMILES string of the molecule is CCn1c(CO)nnc1-c1cccc(F)c1. The third kappa shape index (κ3) is 1.81. The summed E-state index contributed by atoms with van der Waals surface area (Å²) in [5, 5.41) is 16.9. The molecule has 0 saturated carbocycles. The van der Waals surface area contributed by atoms with Gasteiger partial charge in [0.15, 0.2) is 11.6 Å². The molecule has 0 amide bonds. The normalized spacial score (nSPS) is 10.7. The molecule has 1 N–H and O–H groups in total. The van der Waals surface area contributed by atoms with Gasteiger partial charge in [-0.1, -0.05) is 12.1 Å². The first-order valence-corrected chi connectivity index (χ1v) is 5.05. The van der Waals surface area contributed by atoms with Crippen LogP contribution in [0.2, 0.25) is 0 Å². The van der Waals surface area contributed by atoms with Crippen molar-refractivity contribution in [1.82, 2.24) is 14.8 Å². The Bertz CT molecular complexity index is 496. The molecule has 2 rings (SSSR count). The van der Waals surface area contributed by atoms with E-state index in [-0.39, 0.29) is 12.4 Å². The molecule has 1 heterocycles. The third-order valence-corrected chi connectivity index (χ3v) is 2.37. The highest BCUT2D eigenvalue weighted by atomic mass is 19.1. The van der Waals surface area contributed by atoms with Crippen molar-refractivity contribution >= 4 is 0 Å². The van der Waals surface area contributed by atoms with Gasteiger partial charge in [0.05, 0.1) is 0 Å². The quantitative estimate of drug-likeness (QED) is 0.856. The number of aromatic nitrogens is 3. The van der Waals surface area contributed by atoms with Gasteiger partial charge in [0, 0.05) is 12.1 Å². The number of rotatable bonds is 3.